The topological polar surface area (TPSA) is 43.4 Å². The zero-order valence-corrected chi connectivity index (χ0v) is 10.0. The molecular weight excluding hydrogens is 243 g/mol. The molecule has 0 aromatic heterocycles. The Morgan fingerprint density at radius 3 is 2.33 bits per heavy atom. The van der Waals surface area contributed by atoms with Crippen LogP contribution in [0.3, 0.4) is 0 Å². The van der Waals surface area contributed by atoms with Crippen molar-refractivity contribution in [3.63, 3.8) is 0 Å². The van der Waals surface area contributed by atoms with Crippen molar-refractivity contribution >= 4 is 19.7 Å². The molecule has 0 heterocycles. The van der Waals surface area contributed by atoms with Gasteiger partial charge in [0.15, 0.2) is 0 Å². The molecule has 0 N–H and O–H groups in total. The van der Waals surface area contributed by atoms with Gasteiger partial charge in [-0.25, -0.2) is 12.8 Å². The van der Waals surface area contributed by atoms with E-state index in [0.717, 1.165) is 0 Å². The Bertz CT molecular complexity index is 497. The second-order valence-electron chi connectivity index (χ2n) is 3.10. The Morgan fingerprint density at radius 1 is 1.40 bits per heavy atom. The molecule has 1 rings (SSSR count). The summed E-state index contributed by atoms with van der Waals surface area (Å²) in [6.07, 6.45) is 0. The molecule has 0 fully saturated rings. The Hall–Kier alpha value is -0.810. The summed E-state index contributed by atoms with van der Waals surface area (Å²) in [4.78, 5) is -0.302. The third-order valence-corrected chi connectivity index (χ3v) is 3.50. The van der Waals surface area contributed by atoms with Crippen molar-refractivity contribution in [2.24, 2.45) is 0 Å². The summed E-state index contributed by atoms with van der Waals surface area (Å²) in [5.74, 6) is -0.531. The molecule has 0 unspecified atom stereocenters. The Kier molecular flexibility index (Phi) is 3.25. The lowest BCUT2D eigenvalue weighted by molar-refractivity contribution is 0.397. The number of hydrogen-bond acceptors (Lipinski definition) is 3. The molecule has 0 aliphatic rings. The first kappa shape index (κ1) is 12.3. The maximum Gasteiger partial charge on any atom is 0.265 e. The van der Waals surface area contributed by atoms with Crippen LogP contribution in [0.1, 0.15) is 11.1 Å². The van der Waals surface area contributed by atoms with Crippen LogP contribution in [0.25, 0.3) is 0 Å². The smallest absolute Gasteiger partial charge is 0.265 e. The molecule has 6 heteroatoms. The van der Waals surface area contributed by atoms with E-state index in [4.69, 9.17) is 15.4 Å². The number of methoxy groups -OCH3 is 1. The van der Waals surface area contributed by atoms with Crippen molar-refractivity contribution in [1.82, 2.24) is 0 Å². The molecule has 0 bridgehead atoms. The van der Waals surface area contributed by atoms with Crippen LogP contribution in [0.2, 0.25) is 0 Å². The average molecular weight is 253 g/mol. The number of aryl methyl sites for hydroxylation is 1. The van der Waals surface area contributed by atoms with Gasteiger partial charge >= 0.3 is 0 Å². The third-order valence-electron chi connectivity index (χ3n) is 2.05. The first-order chi connectivity index (χ1) is 6.79. The molecular formula is C9H10ClFO3S. The Balaban J connectivity index is 3.74. The van der Waals surface area contributed by atoms with E-state index in [1.165, 1.54) is 20.1 Å². The fraction of sp³-hybridized carbons (Fsp3) is 0.333. The largest absolute Gasteiger partial charge is 0.495 e. The van der Waals surface area contributed by atoms with Crippen LogP contribution in [0.15, 0.2) is 11.0 Å². The van der Waals surface area contributed by atoms with Gasteiger partial charge in [0.2, 0.25) is 0 Å². The van der Waals surface area contributed by atoms with E-state index in [0.29, 0.717) is 5.56 Å². The molecule has 1 aromatic carbocycles. The van der Waals surface area contributed by atoms with Crippen LogP contribution in [0.5, 0.6) is 5.75 Å². The summed E-state index contributed by atoms with van der Waals surface area (Å²) in [6, 6.07) is 1.21. The maximum absolute atomic E-state index is 13.3. The number of hydrogen-bond donors (Lipinski definition) is 0. The van der Waals surface area contributed by atoms with Crippen LogP contribution in [0.4, 0.5) is 4.39 Å². The van der Waals surface area contributed by atoms with Crippen molar-refractivity contribution in [3.8, 4) is 5.75 Å². The van der Waals surface area contributed by atoms with E-state index < -0.39 is 14.9 Å². The lowest BCUT2D eigenvalue weighted by Crippen LogP contribution is -2.03. The lowest BCUT2D eigenvalue weighted by atomic mass is 10.1. The van der Waals surface area contributed by atoms with Crippen LogP contribution < -0.4 is 4.74 Å². The van der Waals surface area contributed by atoms with Gasteiger partial charge in [0.05, 0.1) is 7.11 Å². The zero-order chi connectivity index (χ0) is 11.8. The summed E-state index contributed by atoms with van der Waals surface area (Å²) in [5, 5.41) is 0. The first-order valence-corrected chi connectivity index (χ1v) is 6.38. The molecule has 0 saturated heterocycles. The van der Waals surface area contributed by atoms with Crippen molar-refractivity contribution in [2.45, 2.75) is 18.7 Å². The van der Waals surface area contributed by atoms with E-state index in [-0.39, 0.29) is 16.2 Å². The van der Waals surface area contributed by atoms with Crippen molar-refractivity contribution in [1.29, 1.82) is 0 Å². The maximum atomic E-state index is 13.3. The highest BCUT2D eigenvalue weighted by molar-refractivity contribution is 8.13. The molecule has 0 atom stereocenters. The highest BCUT2D eigenvalue weighted by Gasteiger charge is 2.24. The molecule has 0 spiro atoms. The molecule has 0 aliphatic heterocycles. The van der Waals surface area contributed by atoms with Crippen molar-refractivity contribution < 1.29 is 17.5 Å². The van der Waals surface area contributed by atoms with Gasteiger partial charge in [0.1, 0.15) is 16.5 Å². The number of rotatable bonds is 2. The normalized spacial score (nSPS) is 11.5. The SMILES string of the molecule is COc1c(C)cc(F)c(C)c1S(=O)(=O)Cl. The van der Waals surface area contributed by atoms with Gasteiger partial charge in [-0.05, 0) is 25.5 Å². The fourth-order valence-corrected chi connectivity index (χ4v) is 2.86. The van der Waals surface area contributed by atoms with Crippen molar-refractivity contribution in [2.75, 3.05) is 7.11 Å². The standard InChI is InChI=1S/C9H10ClFO3S/c1-5-4-7(11)6(2)9(8(5)14-3)15(10,12)13/h4H,1-3H3. The van der Waals surface area contributed by atoms with Crippen molar-refractivity contribution in [3.05, 3.63) is 23.0 Å². The van der Waals surface area contributed by atoms with Gasteiger partial charge in [-0.3, -0.25) is 0 Å². The van der Waals surface area contributed by atoms with Crippen LogP contribution in [-0.2, 0) is 9.05 Å². The summed E-state index contributed by atoms with van der Waals surface area (Å²) in [5.41, 5.74) is 0.354. The minimum Gasteiger partial charge on any atom is -0.495 e. The molecule has 1 aromatic rings. The van der Waals surface area contributed by atoms with Gasteiger partial charge < -0.3 is 4.74 Å². The monoisotopic (exact) mass is 252 g/mol. The molecule has 0 saturated carbocycles. The summed E-state index contributed by atoms with van der Waals surface area (Å²) >= 11 is 0. The van der Waals surface area contributed by atoms with Gasteiger partial charge in [-0.2, -0.15) is 0 Å². The van der Waals surface area contributed by atoms with E-state index in [9.17, 15) is 12.8 Å². The average Bonchev–Trinajstić information content (AvgIpc) is 2.08. The lowest BCUT2D eigenvalue weighted by Gasteiger charge is -2.12. The zero-order valence-electron chi connectivity index (χ0n) is 8.47. The van der Waals surface area contributed by atoms with Crippen LogP contribution in [-0.4, -0.2) is 15.5 Å². The Labute approximate surface area is 92.2 Å². The number of halogens is 2. The predicted molar refractivity (Wildman–Crippen MR) is 55.5 cm³/mol. The molecule has 15 heavy (non-hydrogen) atoms. The van der Waals surface area contributed by atoms with E-state index in [2.05, 4.69) is 0 Å². The molecule has 0 aliphatic carbocycles. The minimum absolute atomic E-state index is 0.0348. The van der Waals surface area contributed by atoms with Gasteiger partial charge in [0, 0.05) is 16.2 Å². The molecule has 0 amide bonds. The highest BCUT2D eigenvalue weighted by Crippen LogP contribution is 2.34. The number of benzene rings is 1. The van der Waals surface area contributed by atoms with Gasteiger partial charge in [-0.1, -0.05) is 0 Å². The quantitative estimate of drug-likeness (QED) is 0.759. The summed E-state index contributed by atoms with van der Waals surface area (Å²) in [6.45, 7) is 2.89. The fourth-order valence-electron chi connectivity index (χ4n) is 1.37. The van der Waals surface area contributed by atoms with Gasteiger partial charge in [-0.15, -0.1) is 0 Å². The van der Waals surface area contributed by atoms with Crippen LogP contribution in [0, 0.1) is 19.7 Å². The minimum atomic E-state index is -4.01. The molecule has 3 nitrogen and oxygen atoms in total. The predicted octanol–water partition coefficient (Wildman–Crippen LogP) is 2.38. The first-order valence-electron chi connectivity index (χ1n) is 4.07. The van der Waals surface area contributed by atoms with E-state index >= 15 is 0 Å². The van der Waals surface area contributed by atoms with E-state index in [1.54, 1.807) is 6.92 Å². The Morgan fingerprint density at radius 2 is 1.93 bits per heavy atom. The van der Waals surface area contributed by atoms with E-state index in [1.807, 2.05) is 0 Å². The van der Waals surface area contributed by atoms with Crippen LogP contribution >= 0.6 is 10.7 Å². The second kappa shape index (κ2) is 3.98. The van der Waals surface area contributed by atoms with Gasteiger partial charge in [0.25, 0.3) is 9.05 Å². The molecule has 84 valence electrons. The summed E-state index contributed by atoms with van der Waals surface area (Å²) < 4.78 is 40.7. The third kappa shape index (κ3) is 2.23. The summed E-state index contributed by atoms with van der Waals surface area (Å²) in [7, 11) is 2.51. The molecule has 0 radical (unpaired) electrons. The number of ether oxygens (including phenoxy) is 1. The second-order valence-corrected chi connectivity index (χ2v) is 5.60. The highest BCUT2D eigenvalue weighted by atomic mass is 35.7.